The van der Waals surface area contributed by atoms with Gasteiger partial charge in [-0.1, -0.05) is 59.9 Å². The number of amides is 2. The molecule has 9 nitrogen and oxygen atoms in total. The Balaban J connectivity index is 1.43. The Bertz CT molecular complexity index is 1270. The minimum atomic E-state index is -1.05. The Hall–Kier alpha value is -3.85. The lowest BCUT2D eigenvalue weighted by Gasteiger charge is -2.15. The topological polar surface area (TPSA) is 131 Å². The number of hydrogen-bond acceptors (Lipinski definition) is 6. The summed E-state index contributed by atoms with van der Waals surface area (Å²) in [7, 11) is 0. The molecule has 0 bridgehead atoms. The molecule has 4 rings (SSSR count). The molecule has 10 heteroatoms. The lowest BCUT2D eigenvalue weighted by atomic mass is 10.1. The van der Waals surface area contributed by atoms with Crippen LogP contribution < -0.4 is 10.6 Å². The van der Waals surface area contributed by atoms with Crippen molar-refractivity contribution in [3.8, 4) is 11.3 Å². The first-order valence-corrected chi connectivity index (χ1v) is 11.9. The van der Waals surface area contributed by atoms with Gasteiger partial charge in [-0.25, -0.2) is 9.59 Å². The third-order valence-corrected chi connectivity index (χ3v) is 6.34. The van der Waals surface area contributed by atoms with Crippen LogP contribution in [0.2, 0.25) is 5.02 Å². The van der Waals surface area contributed by atoms with Crippen molar-refractivity contribution < 1.29 is 28.8 Å². The van der Waals surface area contributed by atoms with Gasteiger partial charge in [-0.05, 0) is 44.4 Å². The van der Waals surface area contributed by atoms with Gasteiger partial charge in [0.2, 0.25) is 0 Å². The molecular weight excluding hydrogens is 486 g/mol. The van der Waals surface area contributed by atoms with Crippen molar-refractivity contribution in [2.24, 2.45) is 5.92 Å². The summed E-state index contributed by atoms with van der Waals surface area (Å²) >= 11 is 6.18. The van der Waals surface area contributed by atoms with E-state index in [1.165, 1.54) is 0 Å². The number of carboxylic acids is 1. The number of hydrogen-bond donors (Lipinski definition) is 3. The second-order valence-electron chi connectivity index (χ2n) is 8.79. The van der Waals surface area contributed by atoms with Gasteiger partial charge in [0, 0.05) is 21.7 Å². The second-order valence-corrected chi connectivity index (χ2v) is 9.19. The van der Waals surface area contributed by atoms with Crippen molar-refractivity contribution in [2.75, 3.05) is 5.32 Å². The minimum Gasteiger partial charge on any atom is -0.480 e. The Labute approximate surface area is 212 Å². The van der Waals surface area contributed by atoms with E-state index in [1.54, 1.807) is 62.4 Å². The third kappa shape index (κ3) is 6.04. The first kappa shape index (κ1) is 25.2. The summed E-state index contributed by atoms with van der Waals surface area (Å²) in [6.45, 7) is 3.39. The molecule has 1 aliphatic carbocycles. The molecular formula is C26H26ClN3O6. The van der Waals surface area contributed by atoms with Crippen molar-refractivity contribution in [3.05, 3.63) is 70.4 Å². The minimum absolute atomic E-state index is 0.291. The molecule has 0 aliphatic heterocycles. The summed E-state index contributed by atoms with van der Waals surface area (Å²) in [4.78, 5) is 36.6. The molecule has 36 heavy (non-hydrogen) atoms. The van der Waals surface area contributed by atoms with Crippen molar-refractivity contribution >= 4 is 35.3 Å². The summed E-state index contributed by atoms with van der Waals surface area (Å²) in [5.74, 6) is -0.873. The van der Waals surface area contributed by atoms with Crippen LogP contribution in [0.4, 0.5) is 10.5 Å². The molecule has 3 aromatic rings. The number of aryl methyl sites for hydroxylation is 1. The smallest absolute Gasteiger partial charge is 0.412 e. The lowest BCUT2D eigenvalue weighted by Crippen LogP contribution is -2.41. The van der Waals surface area contributed by atoms with Crippen LogP contribution in [0.15, 0.2) is 53.1 Å². The van der Waals surface area contributed by atoms with Gasteiger partial charge in [0.1, 0.15) is 23.5 Å². The predicted molar refractivity (Wildman–Crippen MR) is 133 cm³/mol. The van der Waals surface area contributed by atoms with E-state index >= 15 is 0 Å². The molecule has 0 radical (unpaired) electrons. The maximum Gasteiger partial charge on any atom is 0.412 e. The molecule has 3 N–H and O–H groups in total. The van der Waals surface area contributed by atoms with E-state index in [2.05, 4.69) is 15.8 Å². The fourth-order valence-corrected chi connectivity index (χ4v) is 4.09. The molecule has 1 fully saturated rings. The molecule has 0 spiro atoms. The number of anilines is 1. The Morgan fingerprint density at radius 2 is 1.86 bits per heavy atom. The zero-order valence-electron chi connectivity index (χ0n) is 19.8. The molecule has 1 aromatic heterocycles. The summed E-state index contributed by atoms with van der Waals surface area (Å²) in [6, 6.07) is 12.5. The van der Waals surface area contributed by atoms with E-state index in [9.17, 15) is 19.5 Å². The summed E-state index contributed by atoms with van der Waals surface area (Å²) in [5, 5.41) is 19.1. The van der Waals surface area contributed by atoms with E-state index in [1.807, 2.05) is 0 Å². The van der Waals surface area contributed by atoms with Crippen LogP contribution in [0.25, 0.3) is 11.3 Å². The zero-order valence-corrected chi connectivity index (χ0v) is 20.5. The second kappa shape index (κ2) is 10.8. The number of aromatic nitrogens is 1. The highest BCUT2D eigenvalue weighted by molar-refractivity contribution is 6.31. The van der Waals surface area contributed by atoms with Gasteiger partial charge in [-0.3, -0.25) is 10.1 Å². The maximum atomic E-state index is 12.6. The Morgan fingerprint density at radius 1 is 1.17 bits per heavy atom. The normalized spacial score (nSPS) is 14.5. The van der Waals surface area contributed by atoms with E-state index < -0.39 is 30.1 Å². The monoisotopic (exact) mass is 511 g/mol. The average Bonchev–Trinajstić information content (AvgIpc) is 3.60. The molecule has 2 unspecified atom stereocenters. The molecule has 1 heterocycles. The zero-order chi connectivity index (χ0) is 25.8. The number of halogens is 1. The van der Waals surface area contributed by atoms with Gasteiger partial charge in [0.05, 0.1) is 0 Å². The highest BCUT2D eigenvalue weighted by Gasteiger charge is 2.30. The number of carboxylic acid groups (broad SMARTS) is 1. The van der Waals surface area contributed by atoms with Crippen LogP contribution in [0, 0.1) is 12.8 Å². The van der Waals surface area contributed by atoms with Crippen LogP contribution in [-0.2, 0) is 9.53 Å². The fraction of sp³-hybridized carbons (Fsp3) is 0.308. The molecule has 1 aliphatic rings. The number of carbonyl (C=O) groups excluding carboxylic acids is 2. The maximum absolute atomic E-state index is 12.6. The van der Waals surface area contributed by atoms with Crippen molar-refractivity contribution in [2.45, 2.75) is 45.3 Å². The van der Waals surface area contributed by atoms with Crippen molar-refractivity contribution in [1.29, 1.82) is 0 Å². The quantitative estimate of drug-likeness (QED) is 0.341. The number of nitrogens with zero attached hydrogens (tertiary/aromatic N) is 1. The third-order valence-electron chi connectivity index (χ3n) is 6.00. The van der Waals surface area contributed by atoms with Crippen molar-refractivity contribution in [1.82, 2.24) is 10.5 Å². The van der Waals surface area contributed by atoms with Gasteiger partial charge in [0.25, 0.3) is 5.91 Å². The van der Waals surface area contributed by atoms with Gasteiger partial charge < -0.3 is 19.7 Å². The van der Waals surface area contributed by atoms with Crippen LogP contribution in [-0.4, -0.2) is 34.3 Å². The van der Waals surface area contributed by atoms with E-state index in [-0.39, 0.29) is 0 Å². The Morgan fingerprint density at radius 3 is 2.50 bits per heavy atom. The summed E-state index contributed by atoms with van der Waals surface area (Å²) in [5.41, 5.74) is 2.32. The molecule has 2 amide bonds. The van der Waals surface area contributed by atoms with E-state index in [4.69, 9.17) is 20.9 Å². The molecule has 0 saturated heterocycles. The van der Waals surface area contributed by atoms with Gasteiger partial charge in [0.15, 0.2) is 5.76 Å². The number of aliphatic carboxylic acids is 1. The molecule has 1 saturated carbocycles. The first-order valence-electron chi connectivity index (χ1n) is 11.6. The standard InChI is InChI=1S/C26H26ClN3O6/c1-14-22(29-26(34)35-15(2)19-5-3-4-6-20(19)27)23(36-30-14)17-9-11-18(12-10-17)24(31)28-21(25(32)33)13-16-7-8-16/h3-6,9-12,15-16,21H,7-8,13H2,1-2H3,(H,28,31)(H,29,34)(H,32,33). The van der Waals surface area contributed by atoms with Crippen LogP contribution in [0.5, 0.6) is 0 Å². The van der Waals surface area contributed by atoms with Crippen LogP contribution in [0.3, 0.4) is 0 Å². The number of benzene rings is 2. The Kier molecular flexibility index (Phi) is 7.59. The summed E-state index contributed by atoms with van der Waals surface area (Å²) < 4.78 is 10.9. The number of nitrogens with one attached hydrogen (secondary N) is 2. The van der Waals surface area contributed by atoms with Gasteiger partial charge >= 0.3 is 12.1 Å². The first-order chi connectivity index (χ1) is 17.2. The SMILES string of the molecule is Cc1noc(-c2ccc(C(=O)NC(CC3CC3)C(=O)O)cc2)c1NC(=O)OC(C)c1ccccc1Cl. The number of carbonyl (C=O) groups is 3. The molecule has 2 aromatic carbocycles. The van der Waals surface area contributed by atoms with E-state index in [0.29, 0.717) is 51.2 Å². The summed E-state index contributed by atoms with van der Waals surface area (Å²) in [6.07, 6.45) is 1.12. The van der Waals surface area contributed by atoms with Gasteiger partial charge in [-0.15, -0.1) is 0 Å². The predicted octanol–water partition coefficient (Wildman–Crippen LogP) is 5.60. The largest absolute Gasteiger partial charge is 0.480 e. The average molecular weight is 512 g/mol. The highest BCUT2D eigenvalue weighted by Crippen LogP contribution is 2.34. The number of ether oxygens (including phenoxy) is 1. The fourth-order valence-electron chi connectivity index (χ4n) is 3.80. The molecule has 188 valence electrons. The van der Waals surface area contributed by atoms with Crippen LogP contribution >= 0.6 is 11.6 Å². The number of rotatable bonds is 9. The highest BCUT2D eigenvalue weighted by atomic mass is 35.5. The lowest BCUT2D eigenvalue weighted by molar-refractivity contribution is -0.139. The van der Waals surface area contributed by atoms with Gasteiger partial charge in [-0.2, -0.15) is 0 Å². The van der Waals surface area contributed by atoms with Crippen molar-refractivity contribution in [3.63, 3.8) is 0 Å². The van der Waals surface area contributed by atoms with E-state index in [0.717, 1.165) is 12.8 Å². The molecule has 2 atom stereocenters. The van der Waals surface area contributed by atoms with Crippen LogP contribution in [0.1, 0.15) is 53.9 Å².